The number of hydrogen-bond acceptors (Lipinski definition) is 2. The van der Waals surface area contributed by atoms with Crippen molar-refractivity contribution in [3.05, 3.63) is 10.4 Å². The van der Waals surface area contributed by atoms with Gasteiger partial charge < -0.3 is 0 Å². The first kappa shape index (κ1) is 9.81. The van der Waals surface area contributed by atoms with Crippen molar-refractivity contribution in [3.63, 3.8) is 0 Å². The number of azide groups is 1. The molecule has 0 aromatic carbocycles. The second-order valence-electron chi connectivity index (χ2n) is 4.37. The van der Waals surface area contributed by atoms with E-state index in [4.69, 9.17) is 5.53 Å². The molecule has 2 aliphatic rings. The average molecular weight is 194 g/mol. The van der Waals surface area contributed by atoms with E-state index >= 15 is 0 Å². The van der Waals surface area contributed by atoms with Crippen LogP contribution in [0.5, 0.6) is 0 Å². The molecular formula is C10H18N4. The zero-order chi connectivity index (χ0) is 9.80. The number of nitrogens with zero attached hydrogens (tertiary/aromatic N) is 4. The first-order valence-electron chi connectivity index (χ1n) is 5.70. The Morgan fingerprint density at radius 3 is 2.50 bits per heavy atom. The Morgan fingerprint density at radius 2 is 1.79 bits per heavy atom. The van der Waals surface area contributed by atoms with Gasteiger partial charge in [-0.25, -0.2) is 0 Å². The van der Waals surface area contributed by atoms with Crippen molar-refractivity contribution in [3.8, 4) is 0 Å². The summed E-state index contributed by atoms with van der Waals surface area (Å²) < 4.78 is 0. The first-order valence-corrected chi connectivity index (χ1v) is 5.70. The van der Waals surface area contributed by atoms with Crippen molar-refractivity contribution in [2.75, 3.05) is 13.1 Å². The lowest BCUT2D eigenvalue weighted by molar-refractivity contribution is 0.168. The van der Waals surface area contributed by atoms with E-state index in [2.05, 4.69) is 14.9 Å². The van der Waals surface area contributed by atoms with Crippen LogP contribution in [0, 0.1) is 0 Å². The lowest BCUT2D eigenvalue weighted by Gasteiger charge is -2.35. The Hall–Kier alpha value is -0.730. The van der Waals surface area contributed by atoms with E-state index in [1.165, 1.54) is 45.2 Å². The molecule has 2 fully saturated rings. The molecule has 4 heteroatoms. The van der Waals surface area contributed by atoms with Crippen LogP contribution in [0.4, 0.5) is 0 Å². The number of likely N-dealkylation sites (tertiary alicyclic amines) is 1. The summed E-state index contributed by atoms with van der Waals surface area (Å²) >= 11 is 0. The van der Waals surface area contributed by atoms with E-state index in [9.17, 15) is 0 Å². The van der Waals surface area contributed by atoms with Crippen molar-refractivity contribution < 1.29 is 0 Å². The Bertz CT molecular complexity index is 228. The van der Waals surface area contributed by atoms with Gasteiger partial charge in [0.25, 0.3) is 0 Å². The highest BCUT2D eigenvalue weighted by molar-refractivity contribution is 4.89. The van der Waals surface area contributed by atoms with Crippen molar-refractivity contribution in [1.29, 1.82) is 0 Å². The van der Waals surface area contributed by atoms with Crippen molar-refractivity contribution >= 4 is 0 Å². The molecule has 1 saturated heterocycles. The highest BCUT2D eigenvalue weighted by Crippen LogP contribution is 2.28. The zero-order valence-electron chi connectivity index (χ0n) is 8.60. The van der Waals surface area contributed by atoms with Crippen LogP contribution < -0.4 is 0 Å². The monoisotopic (exact) mass is 194 g/mol. The lowest BCUT2D eigenvalue weighted by atomic mass is 9.90. The van der Waals surface area contributed by atoms with Crippen LogP contribution in [-0.4, -0.2) is 30.1 Å². The molecule has 78 valence electrons. The molecule has 1 aliphatic carbocycles. The summed E-state index contributed by atoms with van der Waals surface area (Å²) in [6.07, 6.45) is 7.49. The molecule has 0 unspecified atom stereocenters. The van der Waals surface area contributed by atoms with E-state index in [0.29, 0.717) is 6.04 Å². The van der Waals surface area contributed by atoms with Crippen molar-refractivity contribution in [2.24, 2.45) is 5.11 Å². The third-order valence-corrected chi connectivity index (χ3v) is 3.50. The minimum absolute atomic E-state index is 0.242. The molecule has 0 N–H and O–H groups in total. The fourth-order valence-corrected chi connectivity index (χ4v) is 2.79. The van der Waals surface area contributed by atoms with Gasteiger partial charge in [0.1, 0.15) is 0 Å². The van der Waals surface area contributed by atoms with E-state index < -0.39 is 0 Å². The van der Waals surface area contributed by atoms with Crippen LogP contribution in [0.25, 0.3) is 10.4 Å². The maximum Gasteiger partial charge on any atom is 0.0529 e. The molecule has 2 atom stereocenters. The first-order chi connectivity index (χ1) is 6.92. The largest absolute Gasteiger partial charge is 0.300 e. The van der Waals surface area contributed by atoms with Gasteiger partial charge in [0, 0.05) is 11.0 Å². The maximum absolute atomic E-state index is 8.52. The third-order valence-electron chi connectivity index (χ3n) is 3.50. The topological polar surface area (TPSA) is 52.0 Å². The van der Waals surface area contributed by atoms with E-state index in [1.807, 2.05) is 0 Å². The second kappa shape index (κ2) is 4.67. The van der Waals surface area contributed by atoms with Crippen LogP contribution in [0.2, 0.25) is 0 Å². The Labute approximate surface area is 84.9 Å². The van der Waals surface area contributed by atoms with Crippen LogP contribution in [0.1, 0.15) is 38.5 Å². The molecule has 14 heavy (non-hydrogen) atoms. The van der Waals surface area contributed by atoms with E-state index in [0.717, 1.165) is 6.42 Å². The summed E-state index contributed by atoms with van der Waals surface area (Å²) in [6, 6.07) is 0.786. The minimum Gasteiger partial charge on any atom is -0.300 e. The molecule has 1 heterocycles. The van der Waals surface area contributed by atoms with E-state index in [-0.39, 0.29) is 6.04 Å². The Kier molecular flexibility index (Phi) is 3.27. The zero-order valence-corrected chi connectivity index (χ0v) is 8.60. The molecule has 1 aliphatic heterocycles. The fourth-order valence-electron chi connectivity index (χ4n) is 2.79. The predicted octanol–water partition coefficient (Wildman–Crippen LogP) is 2.70. The van der Waals surface area contributed by atoms with Crippen molar-refractivity contribution in [1.82, 2.24) is 4.90 Å². The van der Waals surface area contributed by atoms with Crippen LogP contribution in [0.3, 0.4) is 0 Å². The van der Waals surface area contributed by atoms with Gasteiger partial charge >= 0.3 is 0 Å². The van der Waals surface area contributed by atoms with Gasteiger partial charge in [0.15, 0.2) is 0 Å². The molecule has 0 spiro atoms. The predicted molar refractivity (Wildman–Crippen MR) is 56.0 cm³/mol. The van der Waals surface area contributed by atoms with Crippen LogP contribution in [-0.2, 0) is 0 Å². The summed E-state index contributed by atoms with van der Waals surface area (Å²) in [4.78, 5) is 5.51. The van der Waals surface area contributed by atoms with Crippen LogP contribution >= 0.6 is 0 Å². The average Bonchev–Trinajstić information content (AvgIpc) is 2.72. The summed E-state index contributed by atoms with van der Waals surface area (Å²) in [5.74, 6) is 0. The molecule has 0 amide bonds. The van der Waals surface area contributed by atoms with Gasteiger partial charge in [-0.1, -0.05) is 18.0 Å². The normalized spacial score (nSPS) is 34.0. The standard InChI is InChI=1S/C10H18N4/c11-13-12-9-5-1-2-6-10(9)14-7-3-4-8-14/h9-10H,1-8H2/t9-,10+/m1/s1. The SMILES string of the molecule is [N-]=[N+]=N[C@@H]1CCCC[C@@H]1N1CCCC1. The van der Waals surface area contributed by atoms with Gasteiger partial charge in [-0.15, -0.1) is 0 Å². The van der Waals surface area contributed by atoms with Crippen molar-refractivity contribution in [2.45, 2.75) is 50.6 Å². The Balaban J connectivity index is 2.01. The third kappa shape index (κ3) is 2.02. The van der Waals surface area contributed by atoms with Gasteiger partial charge in [-0.05, 0) is 44.3 Å². The molecular weight excluding hydrogens is 176 g/mol. The summed E-state index contributed by atoms with van der Waals surface area (Å²) in [6.45, 7) is 2.42. The highest BCUT2D eigenvalue weighted by Gasteiger charge is 2.30. The van der Waals surface area contributed by atoms with Gasteiger partial charge in [-0.2, -0.15) is 0 Å². The van der Waals surface area contributed by atoms with Gasteiger partial charge in [0.05, 0.1) is 6.04 Å². The quantitative estimate of drug-likeness (QED) is 0.379. The molecule has 2 rings (SSSR count). The summed E-state index contributed by atoms with van der Waals surface area (Å²) in [5, 5.41) is 3.95. The lowest BCUT2D eigenvalue weighted by Crippen LogP contribution is -2.42. The Morgan fingerprint density at radius 1 is 1.07 bits per heavy atom. The molecule has 0 radical (unpaired) electrons. The second-order valence-corrected chi connectivity index (χ2v) is 4.37. The minimum atomic E-state index is 0.242. The maximum atomic E-state index is 8.52. The van der Waals surface area contributed by atoms with E-state index in [1.54, 1.807) is 0 Å². The molecule has 0 aromatic heterocycles. The van der Waals surface area contributed by atoms with Gasteiger partial charge in [0.2, 0.25) is 0 Å². The molecule has 0 bridgehead atoms. The van der Waals surface area contributed by atoms with Gasteiger partial charge in [-0.3, -0.25) is 4.90 Å². The molecule has 4 nitrogen and oxygen atoms in total. The number of hydrogen-bond donors (Lipinski definition) is 0. The molecule has 0 aromatic rings. The summed E-state index contributed by atoms with van der Waals surface area (Å²) in [5.41, 5.74) is 8.52. The molecule has 1 saturated carbocycles. The fraction of sp³-hybridized carbons (Fsp3) is 1.00. The highest BCUT2D eigenvalue weighted by atomic mass is 15.2. The number of rotatable bonds is 2. The van der Waals surface area contributed by atoms with Crippen LogP contribution in [0.15, 0.2) is 5.11 Å². The summed E-state index contributed by atoms with van der Waals surface area (Å²) in [7, 11) is 0. The smallest absolute Gasteiger partial charge is 0.0529 e.